The van der Waals surface area contributed by atoms with Gasteiger partial charge in [0.15, 0.2) is 5.11 Å². The van der Waals surface area contributed by atoms with E-state index in [1.165, 1.54) is 6.92 Å². The van der Waals surface area contributed by atoms with Crippen LogP contribution < -0.4 is 15.9 Å². The van der Waals surface area contributed by atoms with E-state index < -0.39 is 11.5 Å². The maximum absolute atomic E-state index is 12.6. The molecule has 8 nitrogen and oxygen atoms in total. The van der Waals surface area contributed by atoms with Gasteiger partial charge in [0.05, 0.1) is 19.7 Å². The summed E-state index contributed by atoms with van der Waals surface area (Å²) in [7, 11) is 1.62. The van der Waals surface area contributed by atoms with Crippen molar-refractivity contribution in [2.45, 2.75) is 58.7 Å². The third-order valence-corrected chi connectivity index (χ3v) is 7.45. The van der Waals surface area contributed by atoms with Crippen molar-refractivity contribution >= 4 is 40.8 Å². The van der Waals surface area contributed by atoms with E-state index in [1.54, 1.807) is 19.0 Å². The zero-order chi connectivity index (χ0) is 29.3. The van der Waals surface area contributed by atoms with Crippen molar-refractivity contribution in [1.29, 1.82) is 0 Å². The molecule has 216 valence electrons. The molecule has 0 radical (unpaired) electrons. The summed E-state index contributed by atoms with van der Waals surface area (Å²) in [6, 6.07) is 14.6. The molecule has 1 aliphatic rings. The van der Waals surface area contributed by atoms with Crippen molar-refractivity contribution in [1.82, 2.24) is 15.3 Å². The van der Waals surface area contributed by atoms with Gasteiger partial charge in [0.2, 0.25) is 0 Å². The number of methoxy groups -OCH3 is 1. The number of ether oxygens (including phenoxy) is 2. The summed E-state index contributed by atoms with van der Waals surface area (Å²) in [5.41, 5.74) is 10.3. The molecule has 2 aromatic rings. The first kappa shape index (κ1) is 31.4. The van der Waals surface area contributed by atoms with E-state index in [-0.39, 0.29) is 24.5 Å². The number of esters is 1. The van der Waals surface area contributed by atoms with Gasteiger partial charge in [0.1, 0.15) is 12.4 Å². The van der Waals surface area contributed by atoms with Gasteiger partial charge >= 0.3 is 5.97 Å². The van der Waals surface area contributed by atoms with Crippen LogP contribution >= 0.6 is 23.8 Å². The van der Waals surface area contributed by atoms with Gasteiger partial charge in [0, 0.05) is 29.9 Å². The highest BCUT2D eigenvalue weighted by molar-refractivity contribution is 7.80. The number of carbonyl (C=O) groups is 2. The maximum Gasteiger partial charge on any atom is 0.302 e. The number of hydrogen-bond acceptors (Lipinski definition) is 6. The normalized spacial score (nSPS) is 17.2. The lowest BCUT2D eigenvalue weighted by molar-refractivity contribution is -0.143. The molecule has 0 unspecified atom stereocenters. The Morgan fingerprint density at radius 3 is 2.62 bits per heavy atom. The number of likely N-dealkylation sites (tertiary alicyclic amines) is 1. The molecule has 3 rings (SSSR count). The van der Waals surface area contributed by atoms with Crippen molar-refractivity contribution in [2.24, 2.45) is 11.1 Å². The molecule has 0 saturated carbocycles. The molecule has 40 heavy (non-hydrogen) atoms. The molecule has 1 aliphatic heterocycles. The van der Waals surface area contributed by atoms with E-state index in [1.807, 2.05) is 48.5 Å². The summed E-state index contributed by atoms with van der Waals surface area (Å²) >= 11 is 12.2. The lowest BCUT2D eigenvalue weighted by Gasteiger charge is -2.35. The Bertz CT molecular complexity index is 1210. The molecular weight excluding hydrogens is 548 g/mol. The van der Waals surface area contributed by atoms with Crippen molar-refractivity contribution < 1.29 is 19.1 Å². The highest BCUT2D eigenvalue weighted by Gasteiger charge is 2.31. The number of halogens is 1. The second-order valence-corrected chi connectivity index (χ2v) is 11.3. The van der Waals surface area contributed by atoms with E-state index >= 15 is 0 Å². The predicted molar refractivity (Wildman–Crippen MR) is 162 cm³/mol. The molecule has 3 N–H and O–H groups in total. The summed E-state index contributed by atoms with van der Waals surface area (Å²) in [5, 5.41) is 2.85. The molecule has 0 bridgehead atoms. The van der Waals surface area contributed by atoms with Crippen LogP contribution in [0.4, 0.5) is 0 Å². The van der Waals surface area contributed by atoms with Crippen LogP contribution in [0.5, 0.6) is 5.75 Å². The van der Waals surface area contributed by atoms with Crippen LogP contribution in [0, 0.1) is 5.41 Å². The Labute approximate surface area is 247 Å². The fourth-order valence-corrected chi connectivity index (χ4v) is 5.12. The molecule has 3 atom stereocenters. The van der Waals surface area contributed by atoms with E-state index in [0.717, 1.165) is 36.3 Å². The first-order valence-corrected chi connectivity index (χ1v) is 14.1. The number of benzene rings is 2. The number of hydrogen-bond donors (Lipinski definition) is 2. The lowest BCUT2D eigenvalue weighted by atomic mass is 9.83. The topological polar surface area (TPSA) is 97.1 Å². The van der Waals surface area contributed by atoms with Crippen molar-refractivity contribution in [3.8, 4) is 5.75 Å². The summed E-state index contributed by atoms with van der Waals surface area (Å²) in [6.45, 7) is 6.45. The molecule has 1 heterocycles. The van der Waals surface area contributed by atoms with Crippen LogP contribution in [0.25, 0.3) is 0 Å². The van der Waals surface area contributed by atoms with Gasteiger partial charge in [-0.3, -0.25) is 20.0 Å². The minimum Gasteiger partial charge on any atom is -0.497 e. The SMILES string of the molecule is COc1ccc(CN(NC(=O)[C@H](C)N)C(=S)N2CCC[C@H]2/C=C/[C@](C)(COC(C)=O)Cc2cccc(Cl)c2)cc1. The zero-order valence-electron chi connectivity index (χ0n) is 23.6. The maximum atomic E-state index is 12.6. The van der Waals surface area contributed by atoms with Crippen LogP contribution in [0.15, 0.2) is 60.7 Å². The number of carbonyl (C=O) groups excluding carboxylic acids is 2. The van der Waals surface area contributed by atoms with E-state index in [2.05, 4.69) is 29.4 Å². The molecule has 1 fully saturated rings. The number of nitrogens with two attached hydrogens (primary N) is 1. The van der Waals surface area contributed by atoms with Crippen LogP contribution in [0.3, 0.4) is 0 Å². The Kier molecular flexibility index (Phi) is 11.4. The van der Waals surface area contributed by atoms with E-state index in [9.17, 15) is 9.59 Å². The van der Waals surface area contributed by atoms with E-state index in [0.29, 0.717) is 23.1 Å². The number of rotatable bonds is 10. The highest BCUT2D eigenvalue weighted by atomic mass is 35.5. The largest absolute Gasteiger partial charge is 0.497 e. The number of thiocarbonyl (C=S) groups is 1. The first-order chi connectivity index (χ1) is 19.0. The number of amides is 1. The van der Waals surface area contributed by atoms with Gasteiger partial charge in [-0.2, -0.15) is 0 Å². The summed E-state index contributed by atoms with van der Waals surface area (Å²) in [5.74, 6) is 0.0999. The minimum atomic E-state index is -0.691. The Morgan fingerprint density at radius 1 is 1.27 bits per heavy atom. The summed E-state index contributed by atoms with van der Waals surface area (Å²) < 4.78 is 10.7. The molecule has 0 aliphatic carbocycles. The van der Waals surface area contributed by atoms with Crippen LogP contribution in [-0.4, -0.2) is 59.2 Å². The van der Waals surface area contributed by atoms with Gasteiger partial charge in [-0.05, 0) is 73.8 Å². The molecular formula is C30H39ClN4O4S. The summed E-state index contributed by atoms with van der Waals surface area (Å²) in [4.78, 5) is 26.3. The fourth-order valence-electron chi connectivity index (χ4n) is 4.57. The summed E-state index contributed by atoms with van der Waals surface area (Å²) in [6.07, 6.45) is 6.72. The average Bonchev–Trinajstić information content (AvgIpc) is 3.39. The van der Waals surface area contributed by atoms with Gasteiger partial charge < -0.3 is 20.1 Å². The van der Waals surface area contributed by atoms with Crippen LogP contribution in [0.1, 0.15) is 44.7 Å². The van der Waals surface area contributed by atoms with Crippen LogP contribution in [-0.2, 0) is 27.3 Å². The molecule has 0 aromatic heterocycles. The third-order valence-electron chi connectivity index (χ3n) is 6.76. The van der Waals surface area contributed by atoms with Gasteiger partial charge in [0.25, 0.3) is 5.91 Å². The lowest BCUT2D eigenvalue weighted by Crippen LogP contribution is -2.55. The molecule has 0 spiro atoms. The predicted octanol–water partition coefficient (Wildman–Crippen LogP) is 4.65. The van der Waals surface area contributed by atoms with Crippen LogP contribution in [0.2, 0.25) is 5.02 Å². The molecule has 1 amide bonds. The molecule has 10 heteroatoms. The van der Waals surface area contributed by atoms with Gasteiger partial charge in [-0.1, -0.05) is 54.9 Å². The molecule has 1 saturated heterocycles. The number of nitrogens with one attached hydrogen (secondary N) is 1. The average molecular weight is 587 g/mol. The minimum absolute atomic E-state index is 0.00841. The molecule has 2 aromatic carbocycles. The monoisotopic (exact) mass is 586 g/mol. The Morgan fingerprint density at radius 2 is 2.00 bits per heavy atom. The fraction of sp³-hybridized carbons (Fsp3) is 0.433. The second kappa shape index (κ2) is 14.5. The standard InChI is InChI=1S/C30H39ClN4O4S/c1-21(32)28(37)33-35(19-23-10-12-27(38-4)13-11-23)29(40)34-16-6-9-26(34)14-15-30(3,20-39-22(2)36)18-24-7-5-8-25(31)17-24/h5,7-8,10-15,17,21,26H,6,9,16,18-20,32H2,1-4H3,(H,33,37)/b15-14+/t21-,26-,30-/m0/s1. The highest BCUT2D eigenvalue weighted by Crippen LogP contribution is 2.29. The Balaban J connectivity index is 1.82. The quantitative estimate of drug-likeness (QED) is 0.180. The third kappa shape index (κ3) is 9.21. The van der Waals surface area contributed by atoms with Gasteiger partial charge in [-0.15, -0.1) is 0 Å². The first-order valence-electron chi connectivity index (χ1n) is 13.3. The smallest absolute Gasteiger partial charge is 0.302 e. The second-order valence-electron chi connectivity index (χ2n) is 10.5. The van der Waals surface area contributed by atoms with Gasteiger partial charge in [-0.25, -0.2) is 0 Å². The number of nitrogens with zero attached hydrogens (tertiary/aromatic N) is 2. The Hall–Kier alpha value is -3.14. The van der Waals surface area contributed by atoms with Crippen molar-refractivity contribution in [3.63, 3.8) is 0 Å². The zero-order valence-corrected chi connectivity index (χ0v) is 25.1. The van der Waals surface area contributed by atoms with E-state index in [4.69, 9.17) is 39.0 Å². The van der Waals surface area contributed by atoms with Crippen molar-refractivity contribution in [2.75, 3.05) is 20.3 Å². The van der Waals surface area contributed by atoms with Crippen molar-refractivity contribution in [3.05, 3.63) is 76.8 Å². The number of hydrazine groups is 1.